The summed E-state index contributed by atoms with van der Waals surface area (Å²) < 4.78 is 12.7. The Balaban J connectivity index is 1.82. The lowest BCUT2D eigenvalue weighted by Gasteiger charge is -2.12. The SMILES string of the molecule is CCOc1ccc2c(c1)c(C=O)cn2CC(=O)OC1CCCC1. The number of nitrogens with zero attached hydrogens (tertiary/aromatic N) is 1. The van der Waals surface area contributed by atoms with Crippen LogP contribution in [0, 0.1) is 0 Å². The molecule has 5 nitrogen and oxygen atoms in total. The van der Waals surface area contributed by atoms with E-state index in [1.54, 1.807) is 10.8 Å². The van der Waals surface area contributed by atoms with Crippen LogP contribution in [0.4, 0.5) is 0 Å². The third-order valence-electron chi connectivity index (χ3n) is 4.22. The van der Waals surface area contributed by atoms with Crippen LogP contribution in [-0.4, -0.2) is 29.5 Å². The van der Waals surface area contributed by atoms with Gasteiger partial charge in [0.2, 0.25) is 0 Å². The number of aldehydes is 1. The van der Waals surface area contributed by atoms with E-state index >= 15 is 0 Å². The zero-order valence-electron chi connectivity index (χ0n) is 13.3. The standard InChI is InChI=1S/C18H21NO4/c1-2-22-15-7-8-17-16(9-15)13(12-20)10-19(17)11-18(21)23-14-5-3-4-6-14/h7-10,12,14H,2-6,11H2,1H3. The fourth-order valence-electron chi connectivity index (χ4n) is 3.15. The highest BCUT2D eigenvalue weighted by molar-refractivity contribution is 5.98. The molecule has 5 heteroatoms. The Labute approximate surface area is 135 Å². The lowest BCUT2D eigenvalue weighted by atomic mass is 10.2. The van der Waals surface area contributed by atoms with E-state index in [0.29, 0.717) is 12.2 Å². The molecule has 0 bridgehead atoms. The zero-order chi connectivity index (χ0) is 16.2. The van der Waals surface area contributed by atoms with Gasteiger partial charge in [-0.05, 0) is 50.8 Å². The Bertz CT molecular complexity index is 713. The molecule has 0 saturated heterocycles. The summed E-state index contributed by atoms with van der Waals surface area (Å²) in [5.41, 5.74) is 1.38. The summed E-state index contributed by atoms with van der Waals surface area (Å²) in [7, 11) is 0. The molecule has 1 heterocycles. The van der Waals surface area contributed by atoms with Crippen LogP contribution in [-0.2, 0) is 16.1 Å². The van der Waals surface area contributed by atoms with Gasteiger partial charge in [-0.2, -0.15) is 0 Å². The van der Waals surface area contributed by atoms with Crippen molar-refractivity contribution >= 4 is 23.2 Å². The largest absolute Gasteiger partial charge is 0.494 e. The highest BCUT2D eigenvalue weighted by Crippen LogP contribution is 2.26. The topological polar surface area (TPSA) is 57.5 Å². The van der Waals surface area contributed by atoms with E-state index in [0.717, 1.165) is 48.6 Å². The molecule has 1 fully saturated rings. The van der Waals surface area contributed by atoms with Crippen molar-refractivity contribution in [3.8, 4) is 5.75 Å². The van der Waals surface area contributed by atoms with Crippen LogP contribution in [0.15, 0.2) is 24.4 Å². The molecule has 2 aromatic rings. The minimum absolute atomic E-state index is 0.0550. The summed E-state index contributed by atoms with van der Waals surface area (Å²) in [5.74, 6) is 0.467. The van der Waals surface area contributed by atoms with Gasteiger partial charge < -0.3 is 14.0 Å². The van der Waals surface area contributed by atoms with E-state index in [4.69, 9.17) is 9.47 Å². The van der Waals surface area contributed by atoms with Gasteiger partial charge >= 0.3 is 5.97 Å². The van der Waals surface area contributed by atoms with Crippen molar-refractivity contribution in [1.82, 2.24) is 4.57 Å². The summed E-state index contributed by atoms with van der Waals surface area (Å²) in [6, 6.07) is 5.55. The van der Waals surface area contributed by atoms with Gasteiger partial charge in [0.15, 0.2) is 6.29 Å². The van der Waals surface area contributed by atoms with Crippen molar-refractivity contribution in [2.24, 2.45) is 0 Å². The Kier molecular flexibility index (Phi) is 4.65. The normalized spacial score (nSPS) is 15.0. The van der Waals surface area contributed by atoms with E-state index in [9.17, 15) is 9.59 Å². The molecule has 0 unspecified atom stereocenters. The predicted octanol–water partition coefficient (Wildman–Crippen LogP) is 3.34. The van der Waals surface area contributed by atoms with Crippen LogP contribution in [0.25, 0.3) is 10.9 Å². The number of rotatable bonds is 6. The number of esters is 1. The molecule has 1 saturated carbocycles. The van der Waals surface area contributed by atoms with Gasteiger partial charge in [0.25, 0.3) is 0 Å². The molecule has 122 valence electrons. The van der Waals surface area contributed by atoms with Gasteiger partial charge in [-0.25, -0.2) is 0 Å². The second-order valence-corrected chi connectivity index (χ2v) is 5.84. The van der Waals surface area contributed by atoms with Crippen molar-refractivity contribution in [2.45, 2.75) is 45.3 Å². The number of aromatic nitrogens is 1. The smallest absolute Gasteiger partial charge is 0.326 e. The first-order chi connectivity index (χ1) is 11.2. The third kappa shape index (κ3) is 3.38. The van der Waals surface area contributed by atoms with Crippen molar-refractivity contribution < 1.29 is 19.1 Å². The van der Waals surface area contributed by atoms with Crippen LogP contribution in [0.1, 0.15) is 43.0 Å². The first-order valence-corrected chi connectivity index (χ1v) is 8.11. The maximum Gasteiger partial charge on any atom is 0.326 e. The van der Waals surface area contributed by atoms with E-state index in [-0.39, 0.29) is 18.6 Å². The lowest BCUT2D eigenvalue weighted by molar-refractivity contribution is -0.149. The molecule has 1 aromatic carbocycles. The van der Waals surface area contributed by atoms with Crippen LogP contribution in [0.3, 0.4) is 0 Å². The van der Waals surface area contributed by atoms with Crippen LogP contribution in [0.5, 0.6) is 5.75 Å². The molecule has 1 aliphatic rings. The molecule has 0 atom stereocenters. The second-order valence-electron chi connectivity index (χ2n) is 5.84. The number of benzene rings is 1. The molecule has 0 N–H and O–H groups in total. The molecule has 3 rings (SSSR count). The second kappa shape index (κ2) is 6.86. The fraction of sp³-hybridized carbons (Fsp3) is 0.444. The quantitative estimate of drug-likeness (QED) is 0.606. The predicted molar refractivity (Wildman–Crippen MR) is 86.8 cm³/mol. The van der Waals surface area contributed by atoms with Crippen LogP contribution in [0.2, 0.25) is 0 Å². The van der Waals surface area contributed by atoms with E-state index < -0.39 is 0 Å². The number of fused-ring (bicyclic) bond motifs is 1. The minimum atomic E-state index is -0.250. The number of hydrogen-bond donors (Lipinski definition) is 0. The Morgan fingerprint density at radius 2 is 2.13 bits per heavy atom. The third-order valence-corrected chi connectivity index (χ3v) is 4.22. The number of carbonyl (C=O) groups is 2. The maximum absolute atomic E-state index is 12.1. The first-order valence-electron chi connectivity index (χ1n) is 8.11. The Hall–Kier alpha value is -2.30. The maximum atomic E-state index is 12.1. The molecule has 0 aliphatic heterocycles. The fourth-order valence-corrected chi connectivity index (χ4v) is 3.15. The Morgan fingerprint density at radius 3 is 2.83 bits per heavy atom. The van der Waals surface area contributed by atoms with Crippen LogP contribution < -0.4 is 4.74 Å². The average Bonchev–Trinajstić information content (AvgIpc) is 3.15. The molecule has 0 amide bonds. The molecule has 23 heavy (non-hydrogen) atoms. The summed E-state index contributed by atoms with van der Waals surface area (Å²) in [4.78, 5) is 23.4. The van der Waals surface area contributed by atoms with Gasteiger partial charge in [-0.3, -0.25) is 9.59 Å². The summed E-state index contributed by atoms with van der Waals surface area (Å²) >= 11 is 0. The molecule has 1 aromatic heterocycles. The Morgan fingerprint density at radius 1 is 1.35 bits per heavy atom. The van der Waals surface area contributed by atoms with Gasteiger partial charge in [0, 0.05) is 22.7 Å². The van der Waals surface area contributed by atoms with Gasteiger partial charge in [-0.1, -0.05) is 0 Å². The first kappa shape index (κ1) is 15.6. The van der Waals surface area contributed by atoms with Gasteiger partial charge in [0.1, 0.15) is 18.4 Å². The highest BCUT2D eigenvalue weighted by atomic mass is 16.5. The summed E-state index contributed by atoms with van der Waals surface area (Å²) in [6.45, 7) is 2.60. The zero-order valence-corrected chi connectivity index (χ0v) is 13.3. The molecule has 1 aliphatic carbocycles. The average molecular weight is 315 g/mol. The summed E-state index contributed by atoms with van der Waals surface area (Å²) in [5, 5.41) is 0.791. The minimum Gasteiger partial charge on any atom is -0.494 e. The monoisotopic (exact) mass is 315 g/mol. The van der Waals surface area contributed by atoms with E-state index in [1.807, 2.05) is 25.1 Å². The van der Waals surface area contributed by atoms with Gasteiger partial charge in [0.05, 0.1) is 6.61 Å². The van der Waals surface area contributed by atoms with E-state index in [2.05, 4.69) is 0 Å². The van der Waals surface area contributed by atoms with Crippen molar-refractivity contribution in [3.63, 3.8) is 0 Å². The lowest BCUT2D eigenvalue weighted by Crippen LogP contribution is -2.19. The molecular formula is C18H21NO4. The number of hydrogen-bond acceptors (Lipinski definition) is 4. The summed E-state index contributed by atoms with van der Waals surface area (Å²) in [6.07, 6.45) is 6.71. The number of ether oxygens (including phenoxy) is 2. The molecule has 0 radical (unpaired) electrons. The molecular weight excluding hydrogens is 294 g/mol. The highest BCUT2D eigenvalue weighted by Gasteiger charge is 2.20. The number of carbonyl (C=O) groups excluding carboxylic acids is 2. The van der Waals surface area contributed by atoms with Crippen LogP contribution >= 0.6 is 0 Å². The van der Waals surface area contributed by atoms with Gasteiger partial charge in [-0.15, -0.1) is 0 Å². The molecule has 0 spiro atoms. The van der Waals surface area contributed by atoms with E-state index in [1.165, 1.54) is 0 Å². The van der Waals surface area contributed by atoms with Crippen molar-refractivity contribution in [3.05, 3.63) is 30.0 Å². The van der Waals surface area contributed by atoms with Crippen molar-refractivity contribution in [2.75, 3.05) is 6.61 Å². The van der Waals surface area contributed by atoms with Crippen molar-refractivity contribution in [1.29, 1.82) is 0 Å².